The van der Waals surface area contributed by atoms with Gasteiger partial charge in [-0.15, -0.1) is 0 Å². The second kappa shape index (κ2) is 22.9. The highest BCUT2D eigenvalue weighted by atomic mass is 79.9. The zero-order chi connectivity index (χ0) is 22.6. The van der Waals surface area contributed by atoms with Crippen LogP contribution in [-0.4, -0.2) is 49.3 Å². The Morgan fingerprint density at radius 3 is 0.688 bits per heavy atom. The second-order valence-corrected chi connectivity index (χ2v) is 16.6. The monoisotopic (exact) mass is 600 g/mol. The lowest BCUT2D eigenvalue weighted by Gasteiger charge is -2.28. The van der Waals surface area contributed by atoms with Crippen LogP contribution in [0.2, 0.25) is 0 Å². The lowest BCUT2D eigenvalue weighted by atomic mass is 10.4. The minimum Gasteiger partial charge on any atom is -1.00 e. The number of nitriles is 6. The van der Waals surface area contributed by atoms with Gasteiger partial charge in [-0.3, -0.25) is 0 Å². The van der Waals surface area contributed by atoms with E-state index >= 15 is 0 Å². The highest BCUT2D eigenvalue weighted by Gasteiger charge is 2.38. The van der Waals surface area contributed by atoms with Crippen LogP contribution in [0.4, 0.5) is 0 Å². The molecule has 0 saturated heterocycles. The van der Waals surface area contributed by atoms with Gasteiger partial charge in [-0.25, -0.2) is 0 Å². The maximum Gasteiger partial charge on any atom is 0.0725 e. The first-order chi connectivity index (χ1) is 14.6. The fourth-order valence-corrected chi connectivity index (χ4v) is 11.9. The standard InChI is InChI=1S/C22H32N6P2.2BrH/c23-9-3-17-29(18-4-10-24,19-5-11-25)15-1-2-16-30(20-6-12-26,21-7-13-27)22-8-14-28;;/h1-8,15-22H2;2*1H/q+2;;/p-2. The molecular formula is C22H32Br2N6P2. The molecule has 0 rings (SSSR count). The van der Waals surface area contributed by atoms with Gasteiger partial charge in [-0.1, -0.05) is 0 Å². The molecule has 10 heteroatoms. The van der Waals surface area contributed by atoms with E-state index in [0.717, 1.165) is 62.1 Å². The van der Waals surface area contributed by atoms with Crippen molar-refractivity contribution >= 4 is 14.5 Å². The van der Waals surface area contributed by atoms with Gasteiger partial charge < -0.3 is 34.0 Å². The molecule has 0 unspecified atom stereocenters. The van der Waals surface area contributed by atoms with Gasteiger partial charge in [0.1, 0.15) is 0 Å². The Bertz CT molecular complexity index is 594. The van der Waals surface area contributed by atoms with Crippen LogP contribution in [0.15, 0.2) is 0 Å². The first-order valence-corrected chi connectivity index (χ1v) is 15.6. The molecule has 32 heavy (non-hydrogen) atoms. The van der Waals surface area contributed by atoms with Gasteiger partial charge in [-0.05, 0) is 12.8 Å². The summed E-state index contributed by atoms with van der Waals surface area (Å²) in [5, 5.41) is 54.4. The molecule has 174 valence electrons. The fourth-order valence-electron chi connectivity index (χ4n) is 3.96. The molecule has 0 amide bonds. The summed E-state index contributed by atoms with van der Waals surface area (Å²) in [5.74, 6) is 0. The van der Waals surface area contributed by atoms with Crippen LogP contribution in [0.5, 0.6) is 0 Å². The summed E-state index contributed by atoms with van der Waals surface area (Å²) >= 11 is 0. The minimum atomic E-state index is -1.50. The third-order valence-corrected chi connectivity index (χ3v) is 15.3. The van der Waals surface area contributed by atoms with Crippen molar-refractivity contribution in [3.63, 3.8) is 0 Å². The van der Waals surface area contributed by atoms with Crippen molar-refractivity contribution in [3.8, 4) is 36.4 Å². The molecule has 6 nitrogen and oxygen atoms in total. The first-order valence-electron chi connectivity index (χ1n) is 10.5. The molecule has 0 radical (unpaired) electrons. The van der Waals surface area contributed by atoms with Gasteiger partial charge in [0.05, 0.1) is 124 Å². The molecule has 0 aromatic heterocycles. The van der Waals surface area contributed by atoms with Crippen molar-refractivity contribution in [3.05, 3.63) is 0 Å². The SMILES string of the molecule is N#CCC[P+](CCC#N)(CCC#N)CCCC[P+](CCC#N)(CCC#N)CCC#N.[Br-].[Br-]. The van der Waals surface area contributed by atoms with Crippen LogP contribution in [0.1, 0.15) is 51.4 Å². The maximum atomic E-state index is 9.07. The Hall–Kier alpha value is -1.24. The Kier molecular flexibility index (Phi) is 25.3. The summed E-state index contributed by atoms with van der Waals surface area (Å²) in [7, 11) is -3.01. The van der Waals surface area contributed by atoms with Crippen molar-refractivity contribution < 1.29 is 34.0 Å². The predicted molar refractivity (Wildman–Crippen MR) is 123 cm³/mol. The van der Waals surface area contributed by atoms with Gasteiger partial charge in [0.25, 0.3) is 0 Å². The van der Waals surface area contributed by atoms with Gasteiger partial charge >= 0.3 is 0 Å². The summed E-state index contributed by atoms with van der Waals surface area (Å²) < 4.78 is 0. The van der Waals surface area contributed by atoms with E-state index in [1.165, 1.54) is 0 Å². The minimum absolute atomic E-state index is 0. The summed E-state index contributed by atoms with van der Waals surface area (Å²) in [5.41, 5.74) is 0. The third kappa shape index (κ3) is 15.5. The van der Waals surface area contributed by atoms with Crippen molar-refractivity contribution in [2.45, 2.75) is 51.4 Å². The Morgan fingerprint density at radius 1 is 0.344 bits per heavy atom. The number of nitrogens with zero attached hydrogens (tertiary/aromatic N) is 6. The predicted octanol–water partition coefficient (Wildman–Crippen LogP) is -0.708. The van der Waals surface area contributed by atoms with Crippen molar-refractivity contribution in [1.82, 2.24) is 0 Å². The van der Waals surface area contributed by atoms with Gasteiger partial charge in [0.2, 0.25) is 0 Å². The Balaban J connectivity index is -0.00000420. The average Bonchev–Trinajstić information content (AvgIpc) is 2.77. The first kappa shape index (κ1) is 35.4. The molecule has 0 bridgehead atoms. The van der Waals surface area contributed by atoms with E-state index in [1.807, 2.05) is 0 Å². The molecule has 0 aliphatic heterocycles. The molecule has 0 aliphatic carbocycles. The van der Waals surface area contributed by atoms with Crippen LogP contribution in [0, 0.1) is 68.0 Å². The summed E-state index contributed by atoms with van der Waals surface area (Å²) in [6.07, 6.45) is 11.8. The summed E-state index contributed by atoms with van der Waals surface area (Å²) in [4.78, 5) is 0. The number of rotatable bonds is 17. The molecule has 0 fully saturated rings. The van der Waals surface area contributed by atoms with Crippen molar-refractivity contribution in [2.24, 2.45) is 0 Å². The molecular weight excluding hydrogens is 570 g/mol. The van der Waals surface area contributed by atoms with Crippen LogP contribution >= 0.6 is 14.5 Å². The van der Waals surface area contributed by atoms with E-state index in [1.54, 1.807) is 0 Å². The fraction of sp³-hybridized carbons (Fsp3) is 0.727. The van der Waals surface area contributed by atoms with Crippen LogP contribution < -0.4 is 34.0 Å². The Morgan fingerprint density at radius 2 is 0.531 bits per heavy atom. The third-order valence-electron chi connectivity index (χ3n) is 5.70. The zero-order valence-electron chi connectivity index (χ0n) is 18.6. The molecule has 0 atom stereocenters. The number of hydrogen-bond acceptors (Lipinski definition) is 6. The molecule has 0 spiro atoms. The van der Waals surface area contributed by atoms with E-state index in [2.05, 4.69) is 36.4 Å². The van der Waals surface area contributed by atoms with E-state index in [0.29, 0.717) is 38.5 Å². The van der Waals surface area contributed by atoms with Crippen molar-refractivity contribution in [1.29, 1.82) is 31.6 Å². The topological polar surface area (TPSA) is 143 Å². The number of unbranched alkanes of at least 4 members (excludes halogenated alkanes) is 1. The quantitative estimate of drug-likeness (QED) is 0.159. The summed E-state index contributed by atoms with van der Waals surface area (Å²) in [6.45, 7) is 0. The molecule has 0 aromatic carbocycles. The van der Waals surface area contributed by atoms with E-state index < -0.39 is 14.5 Å². The largest absolute Gasteiger partial charge is 1.00 e. The van der Waals surface area contributed by atoms with Crippen LogP contribution in [0.3, 0.4) is 0 Å². The Labute approximate surface area is 216 Å². The smallest absolute Gasteiger partial charge is 0.0725 e. The number of hydrogen-bond donors (Lipinski definition) is 0. The van der Waals surface area contributed by atoms with Gasteiger partial charge in [0, 0.05) is 14.5 Å². The second-order valence-electron chi connectivity index (χ2n) is 7.63. The molecule has 0 saturated carbocycles. The maximum absolute atomic E-state index is 9.07. The lowest BCUT2D eigenvalue weighted by molar-refractivity contribution is -0.00100. The van der Waals surface area contributed by atoms with Crippen LogP contribution in [0.25, 0.3) is 0 Å². The number of halogens is 2. The van der Waals surface area contributed by atoms with Gasteiger partial charge in [0.15, 0.2) is 0 Å². The molecule has 0 aromatic rings. The molecule has 0 heterocycles. The highest BCUT2D eigenvalue weighted by molar-refractivity contribution is 7.76. The van der Waals surface area contributed by atoms with Crippen LogP contribution in [-0.2, 0) is 0 Å². The average molecular weight is 602 g/mol. The van der Waals surface area contributed by atoms with E-state index in [9.17, 15) is 0 Å². The van der Waals surface area contributed by atoms with E-state index in [-0.39, 0.29) is 34.0 Å². The lowest BCUT2D eigenvalue weighted by Crippen LogP contribution is -3.00. The summed E-state index contributed by atoms with van der Waals surface area (Å²) in [6, 6.07) is 13.4. The normalized spacial score (nSPS) is 9.94. The molecule has 0 N–H and O–H groups in total. The highest BCUT2D eigenvalue weighted by Crippen LogP contribution is 2.63. The molecule has 0 aliphatic rings. The van der Waals surface area contributed by atoms with E-state index in [4.69, 9.17) is 31.6 Å². The van der Waals surface area contributed by atoms with Crippen molar-refractivity contribution in [2.75, 3.05) is 49.3 Å². The van der Waals surface area contributed by atoms with Gasteiger partial charge in [-0.2, -0.15) is 31.6 Å². The zero-order valence-corrected chi connectivity index (χ0v) is 23.6.